The number of aliphatic hydroxyl groups is 1. The molecule has 1 aromatic heterocycles. The zero-order chi connectivity index (χ0) is 25.4. The minimum atomic E-state index is -3.07. The van der Waals surface area contributed by atoms with Crippen LogP contribution in [0, 0.1) is 0 Å². The van der Waals surface area contributed by atoms with Gasteiger partial charge in [0.05, 0.1) is 30.0 Å². The van der Waals surface area contributed by atoms with Gasteiger partial charge in [0.1, 0.15) is 11.6 Å². The largest absolute Gasteiger partial charge is 0.496 e. The van der Waals surface area contributed by atoms with Gasteiger partial charge >= 0.3 is 6.09 Å². The highest BCUT2D eigenvalue weighted by Gasteiger charge is 2.16. The molecule has 3 aromatic rings. The molecular weight excluding hydrogens is 470 g/mol. The second-order valence-corrected chi connectivity index (χ2v) is 9.56. The Hall–Kier alpha value is -3.83. The normalized spacial score (nSPS) is 13.3. The number of nitrogens with zero attached hydrogens (tertiary/aromatic N) is 2. The summed E-state index contributed by atoms with van der Waals surface area (Å²) in [5, 5.41) is 15.8. The Morgan fingerprint density at radius 1 is 1.17 bits per heavy atom. The van der Waals surface area contributed by atoms with Crippen molar-refractivity contribution in [3.8, 4) is 16.9 Å². The lowest BCUT2D eigenvalue weighted by Gasteiger charge is -2.18. The first kappa shape index (κ1) is 25.8. The molecule has 10 nitrogen and oxygen atoms in total. The molecule has 0 fully saturated rings. The van der Waals surface area contributed by atoms with Crippen molar-refractivity contribution in [3.05, 3.63) is 54.7 Å². The van der Waals surface area contributed by atoms with Crippen LogP contribution in [0.2, 0.25) is 0 Å². The Bertz CT molecular complexity index is 1270. The maximum atomic E-state index is 12.7. The van der Waals surface area contributed by atoms with Crippen LogP contribution in [-0.2, 0) is 14.4 Å². The van der Waals surface area contributed by atoms with Gasteiger partial charge in [-0.3, -0.25) is 0 Å². The smallest absolute Gasteiger partial charge is 0.418 e. The van der Waals surface area contributed by atoms with E-state index in [-0.39, 0.29) is 19.3 Å². The van der Waals surface area contributed by atoms with E-state index in [1.807, 2.05) is 31.2 Å². The Labute approximate surface area is 204 Å². The fraction of sp³-hybridized carbons (Fsp3) is 0.250. The third kappa shape index (κ3) is 6.61. The molecule has 4 N–H and O–H groups in total. The number of carbonyl (C=O) groups is 1. The maximum absolute atomic E-state index is 12.7. The first-order valence-electron chi connectivity index (χ1n) is 10.8. The van der Waals surface area contributed by atoms with Crippen molar-refractivity contribution in [2.24, 2.45) is 0 Å². The number of aromatic nitrogens is 2. The number of amides is 1. The van der Waals surface area contributed by atoms with E-state index < -0.39 is 15.8 Å². The molecule has 0 aliphatic carbocycles. The van der Waals surface area contributed by atoms with E-state index in [1.54, 1.807) is 44.5 Å². The average Bonchev–Trinajstić information content (AvgIpc) is 2.84. The van der Waals surface area contributed by atoms with Crippen LogP contribution >= 0.6 is 0 Å². The van der Waals surface area contributed by atoms with Gasteiger partial charge in [-0.05, 0) is 50.0 Å². The molecule has 0 radical (unpaired) electrons. The summed E-state index contributed by atoms with van der Waals surface area (Å²) in [6.45, 7) is 3.57. The second kappa shape index (κ2) is 11.5. The third-order valence-corrected chi connectivity index (χ3v) is 6.39. The monoisotopic (exact) mass is 499 g/mol. The standard InChI is InChI=1S/C24H29N5O5S/c1-5-34-24(31)29-35(4,32)18-12-10-17(11-13-18)27-23-25-14-20(22(28-23)26-16(2)15-30)19-8-6-7-9-21(19)33-3/h6-14,16,30H,4-5,15H2,1-3H3,(H,29,31,32)(H2,25,26,27,28)/t16-,35?/m1/s1. The van der Waals surface area contributed by atoms with E-state index in [9.17, 15) is 14.1 Å². The number of carbonyl (C=O) groups excluding carboxylic acids is 1. The number of aliphatic hydroxyl groups excluding tert-OH is 1. The maximum Gasteiger partial charge on any atom is 0.418 e. The van der Waals surface area contributed by atoms with Crippen molar-refractivity contribution in [2.75, 3.05) is 31.0 Å². The Kier molecular flexibility index (Phi) is 8.50. The fourth-order valence-corrected chi connectivity index (χ4v) is 4.16. The van der Waals surface area contributed by atoms with Gasteiger partial charge in [-0.15, -0.1) is 0 Å². The van der Waals surface area contributed by atoms with Crippen molar-refractivity contribution in [2.45, 2.75) is 24.8 Å². The Morgan fingerprint density at radius 3 is 2.54 bits per heavy atom. The average molecular weight is 500 g/mol. The lowest BCUT2D eigenvalue weighted by atomic mass is 10.1. The summed E-state index contributed by atoms with van der Waals surface area (Å²) in [4.78, 5) is 21.0. The molecule has 35 heavy (non-hydrogen) atoms. The summed E-state index contributed by atoms with van der Waals surface area (Å²) in [7, 11) is -1.47. The SMILES string of the molecule is C=S(=O)(NC(=O)OCC)c1ccc(Nc2ncc(-c3ccccc3OC)c(N[C@H](C)CO)n2)cc1. The van der Waals surface area contributed by atoms with Gasteiger partial charge in [0.15, 0.2) is 0 Å². The molecule has 0 aliphatic rings. The number of para-hydroxylation sites is 1. The van der Waals surface area contributed by atoms with E-state index >= 15 is 0 Å². The number of nitrogens with one attached hydrogen (secondary N) is 3. The van der Waals surface area contributed by atoms with E-state index in [1.165, 1.54) is 0 Å². The van der Waals surface area contributed by atoms with E-state index in [0.29, 0.717) is 33.7 Å². The van der Waals surface area contributed by atoms with Crippen molar-refractivity contribution in [3.63, 3.8) is 0 Å². The Balaban J connectivity index is 1.86. The molecule has 0 aliphatic heterocycles. The van der Waals surface area contributed by atoms with Crippen LogP contribution in [0.15, 0.2) is 59.6 Å². The third-order valence-electron chi connectivity index (χ3n) is 4.86. The summed E-state index contributed by atoms with van der Waals surface area (Å²) in [6.07, 6.45) is 0.871. The second-order valence-electron chi connectivity index (χ2n) is 7.53. The lowest BCUT2D eigenvalue weighted by Crippen LogP contribution is -2.30. The molecule has 186 valence electrons. The first-order valence-corrected chi connectivity index (χ1v) is 12.6. The number of anilines is 3. The van der Waals surface area contributed by atoms with Crippen LogP contribution in [0.1, 0.15) is 13.8 Å². The van der Waals surface area contributed by atoms with Gasteiger partial charge in [-0.2, -0.15) is 4.98 Å². The zero-order valence-corrected chi connectivity index (χ0v) is 20.6. The van der Waals surface area contributed by atoms with E-state index in [2.05, 4.69) is 31.2 Å². The Morgan fingerprint density at radius 2 is 1.89 bits per heavy atom. The number of hydrogen-bond donors (Lipinski definition) is 4. The molecule has 3 rings (SSSR count). The summed E-state index contributed by atoms with van der Waals surface area (Å²) in [6, 6.07) is 13.8. The van der Waals surface area contributed by atoms with E-state index in [0.717, 1.165) is 5.56 Å². The van der Waals surface area contributed by atoms with Crippen molar-refractivity contribution >= 4 is 39.1 Å². The number of benzene rings is 2. The van der Waals surface area contributed by atoms with Crippen LogP contribution in [-0.4, -0.2) is 57.6 Å². The quantitative estimate of drug-likeness (QED) is 0.309. The van der Waals surface area contributed by atoms with Crippen molar-refractivity contribution < 1.29 is 23.6 Å². The highest BCUT2D eigenvalue weighted by Crippen LogP contribution is 2.34. The van der Waals surface area contributed by atoms with Crippen LogP contribution in [0.4, 0.5) is 22.2 Å². The van der Waals surface area contributed by atoms with Crippen LogP contribution in [0.25, 0.3) is 11.1 Å². The summed E-state index contributed by atoms with van der Waals surface area (Å²) >= 11 is 0. The van der Waals surface area contributed by atoms with Gasteiger partial charge in [0.25, 0.3) is 0 Å². The highest BCUT2D eigenvalue weighted by atomic mass is 32.2. The number of rotatable bonds is 10. The molecule has 2 atom stereocenters. The van der Waals surface area contributed by atoms with Crippen LogP contribution in [0.5, 0.6) is 5.75 Å². The van der Waals surface area contributed by atoms with Crippen molar-refractivity contribution in [1.82, 2.24) is 14.7 Å². The number of methoxy groups -OCH3 is 1. The van der Waals surface area contributed by atoms with Gasteiger partial charge in [0, 0.05) is 33.9 Å². The van der Waals surface area contributed by atoms with Gasteiger partial charge in [-0.1, -0.05) is 18.2 Å². The van der Waals surface area contributed by atoms with E-state index in [4.69, 9.17) is 9.47 Å². The van der Waals surface area contributed by atoms with Gasteiger partial charge in [-0.25, -0.2) is 18.7 Å². The van der Waals surface area contributed by atoms with Gasteiger partial charge in [0.2, 0.25) is 5.95 Å². The molecular formula is C24H29N5O5S. The fourth-order valence-electron chi connectivity index (χ4n) is 3.14. The molecule has 1 unspecified atom stereocenters. The summed E-state index contributed by atoms with van der Waals surface area (Å²) < 4.78 is 25.3. The predicted molar refractivity (Wildman–Crippen MR) is 138 cm³/mol. The molecule has 0 saturated heterocycles. The first-order chi connectivity index (χ1) is 16.8. The molecule has 1 heterocycles. The topological polar surface area (TPSA) is 135 Å². The lowest BCUT2D eigenvalue weighted by molar-refractivity contribution is 0.159. The molecule has 0 bridgehead atoms. The molecule has 11 heteroatoms. The summed E-state index contributed by atoms with van der Waals surface area (Å²) in [5.74, 6) is 5.10. The molecule has 0 spiro atoms. The molecule has 2 aromatic carbocycles. The minimum Gasteiger partial charge on any atom is -0.496 e. The minimum absolute atomic E-state index is 0.0796. The van der Waals surface area contributed by atoms with Crippen LogP contribution in [0.3, 0.4) is 0 Å². The molecule has 0 saturated carbocycles. The van der Waals surface area contributed by atoms with Gasteiger partial charge < -0.3 is 25.2 Å². The zero-order valence-electron chi connectivity index (χ0n) is 19.8. The number of hydrogen-bond acceptors (Lipinski definition) is 9. The predicted octanol–water partition coefficient (Wildman–Crippen LogP) is 3.42. The highest BCUT2D eigenvalue weighted by molar-refractivity contribution is 7.99. The van der Waals surface area contributed by atoms with Crippen molar-refractivity contribution in [1.29, 1.82) is 0 Å². The van der Waals surface area contributed by atoms with Crippen LogP contribution < -0.4 is 20.1 Å². The summed E-state index contributed by atoms with van der Waals surface area (Å²) in [5.41, 5.74) is 2.15. The molecule has 1 amide bonds. The number of ether oxygens (including phenoxy) is 2.